The Hall–Kier alpha value is -3.33. The number of carboxylic acids is 1. The van der Waals surface area contributed by atoms with Crippen LogP contribution in [-0.4, -0.2) is 36.0 Å². The predicted molar refractivity (Wildman–Crippen MR) is 121 cm³/mol. The maximum absolute atomic E-state index is 15.8. The van der Waals surface area contributed by atoms with Gasteiger partial charge >= 0.3 is 5.97 Å². The van der Waals surface area contributed by atoms with Crippen molar-refractivity contribution in [1.29, 1.82) is 0 Å². The number of aromatic nitrogens is 5. The number of hydrogen-bond donors (Lipinski definition) is 2. The van der Waals surface area contributed by atoms with E-state index in [4.69, 9.17) is 16.0 Å². The Balaban J connectivity index is 1.49. The van der Waals surface area contributed by atoms with Crippen molar-refractivity contribution in [2.75, 3.05) is 0 Å². The highest BCUT2D eigenvalue weighted by molar-refractivity contribution is 6.29. The number of aliphatic carboxylic acids is 1. The molecule has 34 heavy (non-hydrogen) atoms. The molecule has 0 radical (unpaired) electrons. The lowest BCUT2D eigenvalue weighted by Crippen LogP contribution is -2.45. The Morgan fingerprint density at radius 2 is 2.00 bits per heavy atom. The minimum atomic E-state index is -0.804. The number of aromatic amines is 1. The summed E-state index contributed by atoms with van der Waals surface area (Å²) < 4.78 is 21.2. The van der Waals surface area contributed by atoms with Crippen molar-refractivity contribution >= 4 is 28.7 Å². The van der Waals surface area contributed by atoms with E-state index in [0.29, 0.717) is 16.7 Å². The summed E-state index contributed by atoms with van der Waals surface area (Å²) in [6, 6.07) is 3.29. The summed E-state index contributed by atoms with van der Waals surface area (Å²) in [5.74, 6) is -1.17. The first-order valence-corrected chi connectivity index (χ1v) is 11.7. The number of halogens is 2. The van der Waals surface area contributed by atoms with Gasteiger partial charge in [0.15, 0.2) is 23.0 Å². The summed E-state index contributed by atoms with van der Waals surface area (Å²) in [5.41, 5.74) is 1.71. The zero-order chi connectivity index (χ0) is 23.4. The molecular weight excluding hydrogens is 461 g/mol. The summed E-state index contributed by atoms with van der Waals surface area (Å²) in [7, 11) is 0. The van der Waals surface area contributed by atoms with E-state index < -0.39 is 17.7 Å². The van der Waals surface area contributed by atoms with E-state index in [9.17, 15) is 9.90 Å². The van der Waals surface area contributed by atoms with Crippen LogP contribution in [0, 0.1) is 29.5 Å². The zero-order valence-corrected chi connectivity index (χ0v) is 18.8. The number of hydrogen-bond acceptors (Lipinski definition) is 6. The molecule has 0 aliphatic heterocycles. The van der Waals surface area contributed by atoms with Crippen LogP contribution in [0.25, 0.3) is 34.0 Å². The second-order valence-electron chi connectivity index (χ2n) is 9.13. The van der Waals surface area contributed by atoms with Gasteiger partial charge in [0.2, 0.25) is 0 Å². The molecule has 3 aliphatic carbocycles. The van der Waals surface area contributed by atoms with E-state index in [-0.39, 0.29) is 52.3 Å². The van der Waals surface area contributed by atoms with E-state index >= 15 is 4.39 Å². The first-order valence-electron chi connectivity index (χ1n) is 11.3. The van der Waals surface area contributed by atoms with Crippen LogP contribution in [0.1, 0.15) is 31.4 Å². The third kappa shape index (κ3) is 3.46. The summed E-state index contributed by atoms with van der Waals surface area (Å²) in [5, 5.41) is 10.2. The van der Waals surface area contributed by atoms with Crippen LogP contribution in [0.2, 0.25) is 5.15 Å². The highest BCUT2D eigenvalue weighted by Gasteiger charge is 2.47. The number of carboxylic acid groups (broad SMARTS) is 1. The average molecular weight is 482 g/mol. The molecule has 2 atom stereocenters. The smallest absolute Gasteiger partial charge is 0.307 e. The number of furan rings is 1. The van der Waals surface area contributed by atoms with E-state index in [0.717, 1.165) is 25.7 Å². The summed E-state index contributed by atoms with van der Waals surface area (Å²) in [6.07, 6.45) is 8.55. The van der Waals surface area contributed by atoms with Crippen molar-refractivity contribution in [1.82, 2.24) is 24.9 Å². The third-order valence-corrected chi connectivity index (χ3v) is 7.55. The SMILES string of the molecule is O=C(O)C1C2CCC(CC2)C1Cc1nc(-c2c[nH]c3ncc(Cl)nc23)nc(-c2ccco2)c1F. The van der Waals surface area contributed by atoms with Gasteiger partial charge in [0, 0.05) is 6.20 Å². The van der Waals surface area contributed by atoms with Gasteiger partial charge in [0.05, 0.1) is 29.6 Å². The van der Waals surface area contributed by atoms with Gasteiger partial charge in [-0.2, -0.15) is 0 Å². The van der Waals surface area contributed by atoms with Gasteiger partial charge < -0.3 is 14.5 Å². The van der Waals surface area contributed by atoms with Crippen LogP contribution in [0.5, 0.6) is 0 Å². The van der Waals surface area contributed by atoms with E-state index in [1.807, 2.05) is 0 Å². The molecule has 0 saturated heterocycles. The van der Waals surface area contributed by atoms with Gasteiger partial charge in [-0.25, -0.2) is 24.3 Å². The van der Waals surface area contributed by atoms with Crippen LogP contribution < -0.4 is 0 Å². The van der Waals surface area contributed by atoms with Crippen LogP contribution in [0.4, 0.5) is 4.39 Å². The number of nitrogens with one attached hydrogen (secondary N) is 1. The Bertz CT molecular complexity index is 1380. The van der Waals surface area contributed by atoms with Gasteiger partial charge in [-0.3, -0.25) is 4.79 Å². The van der Waals surface area contributed by atoms with Gasteiger partial charge in [0.1, 0.15) is 16.4 Å². The van der Waals surface area contributed by atoms with Crippen molar-refractivity contribution < 1.29 is 18.7 Å². The topological polar surface area (TPSA) is 118 Å². The minimum absolute atomic E-state index is 0.0298. The molecule has 174 valence electrons. The molecule has 3 aliphatic rings. The Morgan fingerprint density at radius 3 is 2.74 bits per heavy atom. The second kappa shape index (κ2) is 8.16. The molecule has 0 amide bonds. The van der Waals surface area contributed by atoms with E-state index in [2.05, 4.69) is 24.9 Å². The van der Waals surface area contributed by atoms with Crippen LogP contribution in [0.3, 0.4) is 0 Å². The number of fused-ring (bicyclic) bond motifs is 4. The Morgan fingerprint density at radius 1 is 1.21 bits per heavy atom. The maximum Gasteiger partial charge on any atom is 0.307 e. The molecule has 2 unspecified atom stereocenters. The lowest BCUT2D eigenvalue weighted by atomic mass is 9.57. The van der Waals surface area contributed by atoms with Gasteiger partial charge in [-0.05, 0) is 62.0 Å². The van der Waals surface area contributed by atoms with Crippen molar-refractivity contribution in [2.24, 2.45) is 23.7 Å². The number of nitrogens with zero attached hydrogens (tertiary/aromatic N) is 4. The zero-order valence-electron chi connectivity index (χ0n) is 18.0. The second-order valence-corrected chi connectivity index (χ2v) is 9.52. The quantitative estimate of drug-likeness (QED) is 0.404. The summed E-state index contributed by atoms with van der Waals surface area (Å²) >= 11 is 6.06. The molecular formula is C24H21ClFN5O3. The summed E-state index contributed by atoms with van der Waals surface area (Å²) in [6.45, 7) is 0. The predicted octanol–water partition coefficient (Wildman–Crippen LogP) is 5.15. The number of rotatable bonds is 5. The molecule has 0 spiro atoms. The molecule has 0 aromatic carbocycles. The van der Waals surface area contributed by atoms with Crippen molar-refractivity contribution in [3.05, 3.63) is 47.5 Å². The van der Waals surface area contributed by atoms with Crippen LogP contribution in [0.15, 0.2) is 35.2 Å². The lowest BCUT2D eigenvalue weighted by molar-refractivity contribution is -0.152. The Kier molecular flexibility index (Phi) is 5.09. The first-order chi connectivity index (χ1) is 16.5. The summed E-state index contributed by atoms with van der Waals surface area (Å²) in [4.78, 5) is 32.8. The van der Waals surface area contributed by atoms with Crippen LogP contribution >= 0.6 is 11.6 Å². The van der Waals surface area contributed by atoms with Gasteiger partial charge in [0.25, 0.3) is 0 Å². The first kappa shape index (κ1) is 21.2. The standard InChI is InChI=1S/C24H21ClFN5O3/c25-17-10-28-23-20(30-17)14(9-27-23)22-29-15(19(26)21(31-22)16-2-1-7-34-16)8-13-11-3-5-12(6-4-11)18(13)24(32)33/h1-2,7,9-13,18H,3-6,8H2,(H,27,28)(H,32,33). The van der Waals surface area contributed by atoms with E-state index in [1.54, 1.807) is 18.3 Å². The maximum atomic E-state index is 15.8. The monoisotopic (exact) mass is 481 g/mol. The highest BCUT2D eigenvalue weighted by atomic mass is 35.5. The average Bonchev–Trinajstić information content (AvgIpc) is 3.51. The van der Waals surface area contributed by atoms with Crippen molar-refractivity contribution in [3.8, 4) is 22.8 Å². The fraction of sp³-hybridized carbons (Fsp3) is 0.375. The molecule has 4 heterocycles. The molecule has 4 aromatic heterocycles. The minimum Gasteiger partial charge on any atom is -0.481 e. The number of carbonyl (C=O) groups is 1. The molecule has 4 aromatic rings. The lowest BCUT2D eigenvalue weighted by Gasteiger charge is -2.46. The molecule has 3 saturated carbocycles. The largest absolute Gasteiger partial charge is 0.481 e. The molecule has 7 rings (SSSR count). The molecule has 2 bridgehead atoms. The fourth-order valence-corrected chi connectivity index (χ4v) is 5.98. The van der Waals surface area contributed by atoms with Gasteiger partial charge in [-0.1, -0.05) is 11.6 Å². The van der Waals surface area contributed by atoms with E-state index in [1.165, 1.54) is 12.5 Å². The third-order valence-electron chi connectivity index (χ3n) is 7.37. The molecule has 8 nitrogen and oxygen atoms in total. The molecule has 2 N–H and O–H groups in total. The van der Waals surface area contributed by atoms with Crippen molar-refractivity contribution in [3.63, 3.8) is 0 Å². The van der Waals surface area contributed by atoms with Crippen LogP contribution in [-0.2, 0) is 11.2 Å². The number of H-pyrrole nitrogens is 1. The highest BCUT2D eigenvalue weighted by Crippen LogP contribution is 2.50. The normalized spacial score (nSPS) is 24.1. The Labute approximate surface area is 198 Å². The fourth-order valence-electron chi connectivity index (χ4n) is 5.84. The molecule has 3 fully saturated rings. The van der Waals surface area contributed by atoms with Crippen molar-refractivity contribution in [2.45, 2.75) is 32.1 Å². The van der Waals surface area contributed by atoms with Gasteiger partial charge in [-0.15, -0.1) is 0 Å². The molecule has 10 heteroatoms.